The molecule has 2 nitrogen and oxygen atoms in total. The number of benzene rings is 13. The normalized spacial score (nSPS) is 15.7. The topological polar surface area (TPSA) is 8.17 Å². The molecule has 0 fully saturated rings. The minimum atomic E-state index is -0.657. The highest BCUT2D eigenvalue weighted by atomic mass is 15.2. The van der Waals surface area contributed by atoms with Crippen LogP contribution in [-0.4, -0.2) is 4.57 Å². The first-order chi connectivity index (χ1) is 41.2. The lowest BCUT2D eigenvalue weighted by molar-refractivity contribution is 0.748. The molecule has 2 heteroatoms. The molecule has 1 spiro atoms. The molecule has 18 rings (SSSR count). The van der Waals surface area contributed by atoms with Crippen LogP contribution in [0.15, 0.2) is 315 Å². The van der Waals surface area contributed by atoms with Gasteiger partial charge in [0.1, 0.15) is 0 Å². The van der Waals surface area contributed by atoms with Crippen molar-refractivity contribution < 1.29 is 0 Å². The van der Waals surface area contributed by atoms with E-state index in [-0.39, 0.29) is 0 Å². The van der Waals surface area contributed by atoms with Gasteiger partial charge in [-0.1, -0.05) is 279 Å². The van der Waals surface area contributed by atoms with Crippen molar-refractivity contribution in [3.8, 4) is 39.1 Å². The lowest BCUT2D eigenvalue weighted by Crippen LogP contribution is -2.33. The Morgan fingerprint density at radius 1 is 0.253 bits per heavy atom. The van der Waals surface area contributed by atoms with Crippen molar-refractivity contribution in [3.05, 3.63) is 382 Å². The number of hydrogen-bond acceptors (Lipinski definition) is 1. The molecule has 386 valence electrons. The van der Waals surface area contributed by atoms with E-state index in [9.17, 15) is 0 Å². The summed E-state index contributed by atoms with van der Waals surface area (Å²) in [6.07, 6.45) is 0. The quantitative estimate of drug-likeness (QED) is 0.154. The van der Waals surface area contributed by atoms with Crippen LogP contribution in [0, 0.1) is 0 Å². The molecule has 1 atom stereocenters. The number of hydrogen-bond donors (Lipinski definition) is 0. The summed E-state index contributed by atoms with van der Waals surface area (Å²) in [4.78, 5) is 2.66. The average Bonchev–Trinajstić information content (AvgIpc) is 3.74. The molecule has 4 aliphatic rings. The van der Waals surface area contributed by atoms with Gasteiger partial charge in [-0.2, -0.15) is 0 Å². The van der Waals surface area contributed by atoms with E-state index < -0.39 is 16.2 Å². The molecule has 0 amide bonds. The molecule has 0 bridgehead atoms. The number of fused-ring (bicyclic) bond motifs is 18. The summed E-state index contributed by atoms with van der Waals surface area (Å²) in [6.45, 7) is 0. The Hall–Kier alpha value is -10.5. The number of rotatable bonds is 7. The van der Waals surface area contributed by atoms with Crippen molar-refractivity contribution in [1.29, 1.82) is 0 Å². The number of para-hydroxylation sites is 3. The van der Waals surface area contributed by atoms with Crippen LogP contribution in [0.25, 0.3) is 60.9 Å². The number of anilines is 3. The van der Waals surface area contributed by atoms with Crippen LogP contribution in [0.2, 0.25) is 0 Å². The van der Waals surface area contributed by atoms with Gasteiger partial charge in [0.05, 0.1) is 44.3 Å². The Balaban J connectivity index is 0.987. The molecule has 0 saturated heterocycles. The molecular formula is C81H52N2. The Bertz CT molecular complexity index is 4720. The predicted octanol–water partition coefficient (Wildman–Crippen LogP) is 19.7. The van der Waals surface area contributed by atoms with Crippen LogP contribution < -0.4 is 4.90 Å². The third-order valence-corrected chi connectivity index (χ3v) is 19.3. The van der Waals surface area contributed by atoms with Crippen molar-refractivity contribution in [2.24, 2.45) is 0 Å². The van der Waals surface area contributed by atoms with Crippen LogP contribution in [0.5, 0.6) is 0 Å². The molecule has 14 aromatic rings. The molecule has 0 radical (unpaired) electrons. The van der Waals surface area contributed by atoms with Gasteiger partial charge < -0.3 is 9.47 Å². The van der Waals surface area contributed by atoms with Crippen LogP contribution in [0.4, 0.5) is 17.1 Å². The second kappa shape index (κ2) is 17.2. The van der Waals surface area contributed by atoms with Gasteiger partial charge in [0.25, 0.3) is 0 Å². The number of nitrogens with zero attached hydrogens (tertiary/aromatic N) is 2. The van der Waals surface area contributed by atoms with Gasteiger partial charge in [0.15, 0.2) is 0 Å². The highest BCUT2D eigenvalue weighted by Crippen LogP contribution is 2.66. The van der Waals surface area contributed by atoms with Crippen molar-refractivity contribution in [2.45, 2.75) is 16.2 Å². The van der Waals surface area contributed by atoms with Crippen molar-refractivity contribution in [1.82, 2.24) is 4.57 Å². The Morgan fingerprint density at radius 3 is 1.20 bits per heavy atom. The number of aromatic nitrogens is 1. The molecule has 1 aliphatic heterocycles. The van der Waals surface area contributed by atoms with Crippen molar-refractivity contribution >= 4 is 38.9 Å². The molecular weight excluding hydrogens is 1000 g/mol. The lowest BCUT2D eigenvalue weighted by Gasteiger charge is -2.40. The third-order valence-electron chi connectivity index (χ3n) is 19.3. The fourth-order valence-corrected chi connectivity index (χ4v) is 16.4. The fraction of sp³-hybridized carbons (Fsp3) is 0.0370. The van der Waals surface area contributed by atoms with Gasteiger partial charge in [-0.25, -0.2) is 0 Å². The standard InChI is InChI=1S/C81H52N2/c1-5-26-53(27-6-1)79(54-28-7-2-8-29-54)65-40-18-14-36-62(65)76-68(79)43-24-48-74(76)82(75-49-25-44-69-77(75)63-37-15-19-41-66(63)80(69,55-30-9-3-10-31-55)56-32-11-4-12-33-56)57-50-51-59-58-34-13-17-39-64(58)81(71(59)52-57)67-42-20-22-47-73(67)83-72-46-21-16-35-60(72)61-38-23-45-70(81)78(61)83/h1-52H. The van der Waals surface area contributed by atoms with Crippen molar-refractivity contribution in [2.75, 3.05) is 4.90 Å². The van der Waals surface area contributed by atoms with Gasteiger partial charge in [-0.05, 0) is 125 Å². The highest BCUT2D eigenvalue weighted by molar-refractivity contribution is 6.13. The minimum Gasteiger partial charge on any atom is -0.309 e. The van der Waals surface area contributed by atoms with Gasteiger partial charge >= 0.3 is 0 Å². The fourth-order valence-electron chi connectivity index (χ4n) is 16.4. The SMILES string of the molecule is c1ccc(C2(c3ccccc3)c3ccccc3-c3c(N(c4ccc5c(c4)C4(c6ccccc6-5)c5ccccc5-n5c6ccccc6c6cccc4c65)c4cccc5c4-c4ccccc4C5(c4ccccc4)c4ccccc4)cccc32)cc1. The molecule has 83 heavy (non-hydrogen) atoms. The van der Waals surface area contributed by atoms with E-state index in [1.807, 2.05) is 0 Å². The third kappa shape index (κ3) is 5.82. The van der Waals surface area contributed by atoms with Crippen LogP contribution in [0.1, 0.15) is 66.8 Å². The zero-order chi connectivity index (χ0) is 54.4. The zero-order valence-electron chi connectivity index (χ0n) is 45.4. The maximum atomic E-state index is 2.66. The largest absolute Gasteiger partial charge is 0.309 e. The summed E-state index contributed by atoms with van der Waals surface area (Å²) in [5.74, 6) is 0. The van der Waals surface area contributed by atoms with Crippen LogP contribution in [0.3, 0.4) is 0 Å². The van der Waals surface area contributed by atoms with Crippen LogP contribution >= 0.6 is 0 Å². The first kappa shape index (κ1) is 46.2. The second-order valence-corrected chi connectivity index (χ2v) is 22.9. The predicted molar refractivity (Wildman–Crippen MR) is 341 cm³/mol. The van der Waals surface area contributed by atoms with Gasteiger partial charge in [-0.3, -0.25) is 0 Å². The van der Waals surface area contributed by atoms with E-state index in [0.29, 0.717) is 0 Å². The van der Waals surface area contributed by atoms with E-state index in [1.54, 1.807) is 0 Å². The Morgan fingerprint density at radius 2 is 0.651 bits per heavy atom. The minimum absolute atomic E-state index is 0.607. The second-order valence-electron chi connectivity index (χ2n) is 22.9. The molecule has 13 aromatic carbocycles. The lowest BCUT2D eigenvalue weighted by atomic mass is 9.65. The molecule has 3 aliphatic carbocycles. The molecule has 2 heterocycles. The van der Waals surface area contributed by atoms with Crippen LogP contribution in [-0.2, 0) is 16.2 Å². The Kier molecular flexibility index (Phi) is 9.60. The highest BCUT2D eigenvalue weighted by Gasteiger charge is 2.53. The maximum absolute atomic E-state index is 2.66. The van der Waals surface area contributed by atoms with Gasteiger partial charge in [0.2, 0.25) is 0 Å². The summed E-state index contributed by atoms with van der Waals surface area (Å²) in [5, 5.41) is 2.54. The molecule has 1 aromatic heterocycles. The summed E-state index contributed by atoms with van der Waals surface area (Å²) in [7, 11) is 0. The average molecular weight is 1050 g/mol. The van der Waals surface area contributed by atoms with E-state index in [2.05, 4.69) is 325 Å². The van der Waals surface area contributed by atoms with E-state index in [1.165, 1.54) is 128 Å². The Labute approximate surface area is 483 Å². The van der Waals surface area contributed by atoms with E-state index in [4.69, 9.17) is 0 Å². The molecule has 1 unspecified atom stereocenters. The van der Waals surface area contributed by atoms with Gasteiger partial charge in [-0.15, -0.1) is 0 Å². The van der Waals surface area contributed by atoms with E-state index in [0.717, 1.165) is 17.1 Å². The first-order valence-electron chi connectivity index (χ1n) is 29.1. The smallest absolute Gasteiger partial charge is 0.0755 e. The summed E-state index contributed by atoms with van der Waals surface area (Å²) in [5.41, 5.74) is 27.9. The molecule has 0 N–H and O–H groups in total. The summed E-state index contributed by atoms with van der Waals surface area (Å²) < 4.78 is 2.55. The maximum Gasteiger partial charge on any atom is 0.0755 e. The van der Waals surface area contributed by atoms with Gasteiger partial charge in [0, 0.05) is 27.6 Å². The summed E-state index contributed by atoms with van der Waals surface area (Å²) in [6, 6.07) is 119. The zero-order valence-corrected chi connectivity index (χ0v) is 45.4. The monoisotopic (exact) mass is 1050 g/mol. The summed E-state index contributed by atoms with van der Waals surface area (Å²) >= 11 is 0. The van der Waals surface area contributed by atoms with E-state index >= 15 is 0 Å². The molecule has 0 saturated carbocycles. The first-order valence-corrected chi connectivity index (χ1v) is 29.1. The van der Waals surface area contributed by atoms with Crippen molar-refractivity contribution in [3.63, 3.8) is 0 Å².